The van der Waals surface area contributed by atoms with E-state index in [-0.39, 0.29) is 18.3 Å². The molecule has 2 nitrogen and oxygen atoms in total. The molecule has 0 unspecified atom stereocenters. The van der Waals surface area contributed by atoms with Gasteiger partial charge in [0, 0.05) is 0 Å². The van der Waals surface area contributed by atoms with Gasteiger partial charge in [0.25, 0.3) is 0 Å². The van der Waals surface area contributed by atoms with Crippen LogP contribution in [0.4, 0.5) is 0 Å². The molecule has 1 N–H and O–H groups in total. The third-order valence-corrected chi connectivity index (χ3v) is 3.88. The first-order chi connectivity index (χ1) is 6.27. The average Bonchev–Trinajstić information content (AvgIpc) is 2.56. The summed E-state index contributed by atoms with van der Waals surface area (Å²) in [5, 5.41) is 9.04. The molecule has 0 amide bonds. The molecule has 1 aliphatic carbocycles. The quantitative estimate of drug-likeness (QED) is 0.676. The largest absolute Gasteiger partial charge is 0.394 e. The van der Waals surface area contributed by atoms with Gasteiger partial charge in [0.15, 0.2) is 0 Å². The monoisotopic (exact) mass is 184 g/mol. The van der Waals surface area contributed by atoms with E-state index in [1.165, 1.54) is 32.1 Å². The molecule has 1 heterocycles. The Morgan fingerprint density at radius 3 is 2.77 bits per heavy atom. The minimum absolute atomic E-state index is 0.126. The Morgan fingerprint density at radius 2 is 2.15 bits per heavy atom. The van der Waals surface area contributed by atoms with Crippen LogP contribution in [0.3, 0.4) is 0 Å². The van der Waals surface area contributed by atoms with Gasteiger partial charge in [-0.2, -0.15) is 0 Å². The summed E-state index contributed by atoms with van der Waals surface area (Å²) in [7, 11) is 0. The highest BCUT2D eigenvalue weighted by atomic mass is 16.5. The molecule has 0 aromatic rings. The first-order valence-electron chi connectivity index (χ1n) is 5.55. The molecule has 2 rings (SSSR count). The number of hydrogen-bond acceptors (Lipinski definition) is 2. The van der Waals surface area contributed by atoms with Crippen LogP contribution >= 0.6 is 0 Å². The number of aliphatic hydroxyl groups excluding tert-OH is 1. The van der Waals surface area contributed by atoms with Crippen molar-refractivity contribution in [2.24, 2.45) is 5.92 Å². The third kappa shape index (κ3) is 1.62. The normalized spacial score (nSPS) is 45.7. The molecular weight excluding hydrogens is 164 g/mol. The Morgan fingerprint density at radius 1 is 1.31 bits per heavy atom. The summed E-state index contributed by atoms with van der Waals surface area (Å²) in [4.78, 5) is 0. The molecule has 1 spiro atoms. The zero-order valence-corrected chi connectivity index (χ0v) is 8.46. The number of aliphatic hydroxyl groups is 1. The molecule has 2 heteroatoms. The second-order valence-corrected chi connectivity index (χ2v) is 4.67. The van der Waals surface area contributed by atoms with E-state index < -0.39 is 0 Å². The fraction of sp³-hybridized carbons (Fsp3) is 1.00. The molecule has 13 heavy (non-hydrogen) atoms. The zero-order chi connectivity index (χ0) is 9.31. The molecule has 76 valence electrons. The summed E-state index contributed by atoms with van der Waals surface area (Å²) >= 11 is 0. The van der Waals surface area contributed by atoms with Gasteiger partial charge in [-0.05, 0) is 31.6 Å². The second kappa shape index (κ2) is 3.58. The topological polar surface area (TPSA) is 29.5 Å². The van der Waals surface area contributed by atoms with Crippen molar-refractivity contribution >= 4 is 0 Å². The highest BCUT2D eigenvalue weighted by Crippen LogP contribution is 2.45. The van der Waals surface area contributed by atoms with Crippen molar-refractivity contribution in [2.45, 2.75) is 57.2 Å². The highest BCUT2D eigenvalue weighted by Gasteiger charge is 2.44. The van der Waals surface area contributed by atoms with Crippen molar-refractivity contribution in [1.82, 2.24) is 0 Å². The Kier molecular flexibility index (Phi) is 2.61. The Bertz CT molecular complexity index is 181. The van der Waals surface area contributed by atoms with Crippen molar-refractivity contribution < 1.29 is 9.84 Å². The van der Waals surface area contributed by atoms with Crippen LogP contribution in [0.5, 0.6) is 0 Å². The summed E-state index contributed by atoms with van der Waals surface area (Å²) in [5.74, 6) is 0.692. The van der Waals surface area contributed by atoms with E-state index in [2.05, 4.69) is 6.92 Å². The van der Waals surface area contributed by atoms with Crippen LogP contribution in [0.1, 0.15) is 45.4 Å². The number of ether oxygens (including phenoxy) is 1. The molecule has 1 aliphatic heterocycles. The highest BCUT2D eigenvalue weighted by molar-refractivity contribution is 4.95. The lowest BCUT2D eigenvalue weighted by Crippen LogP contribution is -2.39. The van der Waals surface area contributed by atoms with Gasteiger partial charge in [-0.3, -0.25) is 0 Å². The van der Waals surface area contributed by atoms with E-state index in [9.17, 15) is 0 Å². The van der Waals surface area contributed by atoms with Gasteiger partial charge in [-0.1, -0.05) is 19.8 Å². The van der Waals surface area contributed by atoms with Gasteiger partial charge in [0.05, 0.1) is 18.3 Å². The fourth-order valence-electron chi connectivity index (χ4n) is 2.91. The Balaban J connectivity index is 2.03. The Labute approximate surface area is 80.3 Å². The van der Waals surface area contributed by atoms with Crippen molar-refractivity contribution in [3.8, 4) is 0 Å². The van der Waals surface area contributed by atoms with Crippen LogP contribution < -0.4 is 0 Å². The number of rotatable bonds is 1. The number of hydrogen-bond donors (Lipinski definition) is 1. The smallest absolute Gasteiger partial charge is 0.0814 e. The Hall–Kier alpha value is -0.0800. The summed E-state index contributed by atoms with van der Waals surface area (Å²) in [6.45, 7) is 2.51. The minimum Gasteiger partial charge on any atom is -0.394 e. The van der Waals surface area contributed by atoms with Gasteiger partial charge >= 0.3 is 0 Å². The van der Waals surface area contributed by atoms with E-state index in [0.717, 1.165) is 6.42 Å². The summed E-state index contributed by atoms with van der Waals surface area (Å²) < 4.78 is 6.00. The van der Waals surface area contributed by atoms with E-state index >= 15 is 0 Å². The predicted octanol–water partition coefficient (Wildman–Crippen LogP) is 2.11. The average molecular weight is 184 g/mol. The standard InChI is InChI=1S/C11H20O2/c1-9-4-2-3-6-11(9)7-5-10(8-12)13-11/h9-10,12H,2-8H2,1H3/t9-,10+,11+/m1/s1. The molecule has 0 aromatic carbocycles. The van der Waals surface area contributed by atoms with Gasteiger partial charge in [0.1, 0.15) is 0 Å². The lowest BCUT2D eigenvalue weighted by Gasteiger charge is -2.39. The summed E-state index contributed by atoms with van der Waals surface area (Å²) in [6, 6.07) is 0. The lowest BCUT2D eigenvalue weighted by atomic mass is 9.75. The molecule has 0 radical (unpaired) electrons. The molecule has 0 aromatic heterocycles. The lowest BCUT2D eigenvalue weighted by molar-refractivity contribution is -0.106. The molecule has 3 atom stereocenters. The van der Waals surface area contributed by atoms with E-state index in [1.54, 1.807) is 0 Å². The minimum atomic E-state index is 0.126. The first kappa shape index (κ1) is 9.47. The van der Waals surface area contributed by atoms with Crippen LogP contribution in [0.25, 0.3) is 0 Å². The fourth-order valence-corrected chi connectivity index (χ4v) is 2.91. The van der Waals surface area contributed by atoms with E-state index in [0.29, 0.717) is 5.92 Å². The van der Waals surface area contributed by atoms with E-state index in [4.69, 9.17) is 9.84 Å². The van der Waals surface area contributed by atoms with Crippen LogP contribution in [0.15, 0.2) is 0 Å². The van der Waals surface area contributed by atoms with Crippen molar-refractivity contribution in [3.63, 3.8) is 0 Å². The first-order valence-corrected chi connectivity index (χ1v) is 5.55. The SMILES string of the molecule is C[C@@H]1CCCC[C@]12CC[C@@H](CO)O2. The molecule has 1 saturated heterocycles. The maximum absolute atomic E-state index is 9.04. The van der Waals surface area contributed by atoms with Crippen LogP contribution in [-0.4, -0.2) is 23.4 Å². The maximum atomic E-state index is 9.04. The van der Waals surface area contributed by atoms with E-state index in [1.807, 2.05) is 0 Å². The van der Waals surface area contributed by atoms with Crippen molar-refractivity contribution in [1.29, 1.82) is 0 Å². The van der Waals surface area contributed by atoms with Gasteiger partial charge < -0.3 is 9.84 Å². The van der Waals surface area contributed by atoms with Crippen molar-refractivity contribution in [3.05, 3.63) is 0 Å². The van der Waals surface area contributed by atoms with Crippen LogP contribution in [0.2, 0.25) is 0 Å². The van der Waals surface area contributed by atoms with Crippen molar-refractivity contribution in [2.75, 3.05) is 6.61 Å². The molecule has 2 fully saturated rings. The molecule has 0 bridgehead atoms. The zero-order valence-electron chi connectivity index (χ0n) is 8.46. The summed E-state index contributed by atoms with van der Waals surface area (Å²) in [5.41, 5.74) is 0.144. The maximum Gasteiger partial charge on any atom is 0.0814 e. The summed E-state index contributed by atoms with van der Waals surface area (Å²) in [6.07, 6.45) is 7.53. The molecule has 1 saturated carbocycles. The van der Waals surface area contributed by atoms with Gasteiger partial charge in [-0.15, -0.1) is 0 Å². The molecule has 2 aliphatic rings. The third-order valence-electron chi connectivity index (χ3n) is 3.88. The second-order valence-electron chi connectivity index (χ2n) is 4.67. The molecular formula is C11H20O2. The van der Waals surface area contributed by atoms with Crippen LogP contribution in [-0.2, 0) is 4.74 Å². The van der Waals surface area contributed by atoms with Gasteiger partial charge in [0.2, 0.25) is 0 Å². The predicted molar refractivity (Wildman–Crippen MR) is 51.6 cm³/mol. The van der Waals surface area contributed by atoms with Gasteiger partial charge in [-0.25, -0.2) is 0 Å². The van der Waals surface area contributed by atoms with Crippen LogP contribution in [0, 0.1) is 5.92 Å².